The summed E-state index contributed by atoms with van der Waals surface area (Å²) >= 11 is 0. The lowest BCUT2D eigenvalue weighted by Gasteiger charge is -2.03. The lowest BCUT2D eigenvalue weighted by molar-refractivity contribution is 0.296. The number of nitrogens with zero attached hydrogens (tertiary/aromatic N) is 3. The zero-order valence-corrected chi connectivity index (χ0v) is 10.6. The molecule has 0 fully saturated rings. The van der Waals surface area contributed by atoms with E-state index in [1.54, 1.807) is 22.8 Å². The van der Waals surface area contributed by atoms with Crippen molar-refractivity contribution in [3.8, 4) is 5.75 Å². The number of aromatic nitrogens is 3. The van der Waals surface area contributed by atoms with Gasteiger partial charge in [0.15, 0.2) is 11.5 Å². The van der Waals surface area contributed by atoms with Crippen molar-refractivity contribution in [2.75, 3.05) is 5.73 Å². The second kappa shape index (κ2) is 4.61. The third-order valence-corrected chi connectivity index (χ3v) is 2.76. The zero-order chi connectivity index (χ0) is 13.2. The van der Waals surface area contributed by atoms with Gasteiger partial charge in [-0.25, -0.2) is 9.50 Å². The first kappa shape index (κ1) is 11.5. The van der Waals surface area contributed by atoms with E-state index < -0.39 is 0 Å². The van der Waals surface area contributed by atoms with Crippen LogP contribution in [0, 0.1) is 6.92 Å². The number of anilines is 1. The van der Waals surface area contributed by atoms with Crippen molar-refractivity contribution in [1.29, 1.82) is 0 Å². The number of hydrogen-bond donors (Lipinski definition) is 1. The van der Waals surface area contributed by atoms with Gasteiger partial charge in [0, 0.05) is 18.0 Å². The highest BCUT2D eigenvalue weighted by atomic mass is 16.5. The summed E-state index contributed by atoms with van der Waals surface area (Å²) in [5.74, 6) is 1.45. The van der Waals surface area contributed by atoms with Gasteiger partial charge >= 0.3 is 0 Å². The molecule has 3 rings (SSSR count). The molecule has 19 heavy (non-hydrogen) atoms. The number of pyridine rings is 1. The SMILES string of the molecule is Cc1cccc(OCc2nc3cc(N)ccn3n2)c1. The molecule has 5 heteroatoms. The Morgan fingerprint density at radius 1 is 1.26 bits per heavy atom. The first-order valence-corrected chi connectivity index (χ1v) is 6.01. The fourth-order valence-electron chi connectivity index (χ4n) is 1.86. The van der Waals surface area contributed by atoms with E-state index in [2.05, 4.69) is 10.1 Å². The number of aryl methyl sites for hydroxylation is 1. The Hall–Kier alpha value is -2.56. The number of nitrogen functional groups attached to an aromatic ring is 1. The third kappa shape index (κ3) is 2.49. The van der Waals surface area contributed by atoms with Gasteiger partial charge < -0.3 is 10.5 Å². The second-order valence-corrected chi connectivity index (χ2v) is 4.40. The lowest BCUT2D eigenvalue weighted by atomic mass is 10.2. The lowest BCUT2D eigenvalue weighted by Crippen LogP contribution is -1.98. The van der Waals surface area contributed by atoms with Gasteiger partial charge in [0.1, 0.15) is 12.4 Å². The van der Waals surface area contributed by atoms with E-state index in [1.165, 1.54) is 0 Å². The minimum absolute atomic E-state index is 0.338. The first-order valence-electron chi connectivity index (χ1n) is 6.01. The van der Waals surface area contributed by atoms with Gasteiger partial charge in [-0.3, -0.25) is 0 Å². The van der Waals surface area contributed by atoms with Crippen LogP contribution >= 0.6 is 0 Å². The summed E-state index contributed by atoms with van der Waals surface area (Å²) in [4.78, 5) is 4.36. The summed E-state index contributed by atoms with van der Waals surface area (Å²) in [6.07, 6.45) is 1.79. The molecule has 2 N–H and O–H groups in total. The number of ether oxygens (including phenoxy) is 1. The smallest absolute Gasteiger partial charge is 0.189 e. The highest BCUT2D eigenvalue weighted by Crippen LogP contribution is 2.14. The van der Waals surface area contributed by atoms with Gasteiger partial charge in [0.25, 0.3) is 0 Å². The number of rotatable bonds is 3. The number of nitrogens with two attached hydrogens (primary N) is 1. The molecule has 0 aliphatic carbocycles. The fourth-order valence-corrected chi connectivity index (χ4v) is 1.86. The van der Waals surface area contributed by atoms with Crippen molar-refractivity contribution >= 4 is 11.3 Å². The molecule has 2 aromatic heterocycles. The Bertz CT molecular complexity index is 720. The van der Waals surface area contributed by atoms with E-state index in [1.807, 2.05) is 31.2 Å². The molecule has 0 aliphatic heterocycles. The predicted molar refractivity (Wildman–Crippen MR) is 72.9 cm³/mol. The van der Waals surface area contributed by atoms with Gasteiger partial charge in [-0.2, -0.15) is 0 Å². The number of hydrogen-bond acceptors (Lipinski definition) is 4. The van der Waals surface area contributed by atoms with Crippen LogP contribution in [0.5, 0.6) is 5.75 Å². The normalized spacial score (nSPS) is 10.8. The Balaban J connectivity index is 1.78. The molecule has 0 amide bonds. The maximum atomic E-state index is 5.70. The van der Waals surface area contributed by atoms with E-state index >= 15 is 0 Å². The molecule has 0 radical (unpaired) electrons. The summed E-state index contributed by atoms with van der Waals surface area (Å²) in [5.41, 5.74) is 8.26. The standard InChI is InChI=1S/C14H14N4O/c1-10-3-2-4-12(7-10)19-9-13-16-14-8-11(15)5-6-18(14)17-13/h2-8H,9,15H2,1H3. The van der Waals surface area contributed by atoms with Gasteiger partial charge in [-0.15, -0.1) is 5.10 Å². The van der Waals surface area contributed by atoms with Gasteiger partial charge in [-0.1, -0.05) is 12.1 Å². The van der Waals surface area contributed by atoms with E-state index in [9.17, 15) is 0 Å². The highest BCUT2D eigenvalue weighted by Gasteiger charge is 2.04. The van der Waals surface area contributed by atoms with Gasteiger partial charge in [0.05, 0.1) is 0 Å². The monoisotopic (exact) mass is 254 g/mol. The van der Waals surface area contributed by atoms with Crippen molar-refractivity contribution < 1.29 is 4.74 Å². The van der Waals surface area contributed by atoms with Crippen molar-refractivity contribution in [1.82, 2.24) is 14.6 Å². The summed E-state index contributed by atoms with van der Waals surface area (Å²) in [5, 5.41) is 4.32. The molecule has 1 aromatic carbocycles. The number of benzene rings is 1. The van der Waals surface area contributed by atoms with E-state index in [0.717, 1.165) is 17.0 Å². The molecule has 0 spiro atoms. The van der Waals surface area contributed by atoms with Gasteiger partial charge in [-0.05, 0) is 30.7 Å². The zero-order valence-electron chi connectivity index (χ0n) is 10.6. The molecule has 0 atom stereocenters. The molecule has 3 aromatic rings. The van der Waals surface area contributed by atoms with E-state index in [-0.39, 0.29) is 0 Å². The summed E-state index contributed by atoms with van der Waals surface area (Å²) in [6.45, 7) is 2.36. The van der Waals surface area contributed by atoms with Crippen LogP contribution in [0.25, 0.3) is 5.65 Å². The van der Waals surface area contributed by atoms with Crippen LogP contribution in [0.1, 0.15) is 11.4 Å². The highest BCUT2D eigenvalue weighted by molar-refractivity contribution is 5.50. The summed E-state index contributed by atoms with van der Waals surface area (Å²) in [7, 11) is 0. The van der Waals surface area contributed by atoms with Crippen LogP contribution in [0.15, 0.2) is 42.6 Å². The van der Waals surface area contributed by atoms with Crippen molar-refractivity contribution in [3.63, 3.8) is 0 Å². The van der Waals surface area contributed by atoms with Crippen molar-refractivity contribution in [2.24, 2.45) is 0 Å². The quantitative estimate of drug-likeness (QED) is 0.778. The minimum Gasteiger partial charge on any atom is -0.486 e. The fraction of sp³-hybridized carbons (Fsp3) is 0.143. The molecule has 0 bridgehead atoms. The average molecular weight is 254 g/mol. The largest absolute Gasteiger partial charge is 0.486 e. The molecule has 0 saturated heterocycles. The molecule has 0 saturated carbocycles. The van der Waals surface area contributed by atoms with Crippen molar-refractivity contribution in [2.45, 2.75) is 13.5 Å². The summed E-state index contributed by atoms with van der Waals surface area (Å²) < 4.78 is 7.35. The molecule has 5 nitrogen and oxygen atoms in total. The maximum absolute atomic E-state index is 5.70. The van der Waals surface area contributed by atoms with Crippen LogP contribution < -0.4 is 10.5 Å². The summed E-state index contributed by atoms with van der Waals surface area (Å²) in [6, 6.07) is 11.5. The molecule has 0 unspecified atom stereocenters. The average Bonchev–Trinajstić information content (AvgIpc) is 2.78. The molecule has 2 heterocycles. The topological polar surface area (TPSA) is 65.4 Å². The second-order valence-electron chi connectivity index (χ2n) is 4.40. The molecule has 0 aliphatic rings. The maximum Gasteiger partial charge on any atom is 0.189 e. The van der Waals surface area contributed by atoms with Crippen LogP contribution in [-0.2, 0) is 6.61 Å². The van der Waals surface area contributed by atoms with E-state index in [4.69, 9.17) is 10.5 Å². The Morgan fingerprint density at radius 3 is 3.00 bits per heavy atom. The molecular weight excluding hydrogens is 240 g/mol. The van der Waals surface area contributed by atoms with Crippen molar-refractivity contribution in [3.05, 3.63) is 54.0 Å². The van der Waals surface area contributed by atoms with Gasteiger partial charge in [0.2, 0.25) is 0 Å². The predicted octanol–water partition coefficient (Wildman–Crippen LogP) is 2.20. The first-order chi connectivity index (χ1) is 9.20. The molecule has 96 valence electrons. The van der Waals surface area contributed by atoms with E-state index in [0.29, 0.717) is 18.1 Å². The Labute approximate surface area is 110 Å². The Morgan fingerprint density at radius 2 is 2.16 bits per heavy atom. The third-order valence-electron chi connectivity index (χ3n) is 2.76. The van der Waals surface area contributed by atoms with Crippen LogP contribution in [0.3, 0.4) is 0 Å². The number of fused-ring (bicyclic) bond motifs is 1. The van der Waals surface area contributed by atoms with Crippen LogP contribution in [-0.4, -0.2) is 14.6 Å². The minimum atomic E-state index is 0.338. The Kier molecular flexibility index (Phi) is 2.79. The molecular formula is C14H14N4O. The van der Waals surface area contributed by atoms with Crippen LogP contribution in [0.4, 0.5) is 5.69 Å². The van der Waals surface area contributed by atoms with Crippen LogP contribution in [0.2, 0.25) is 0 Å².